The number of likely N-dealkylation sites (tertiary alicyclic amines) is 1. The molecule has 21 heavy (non-hydrogen) atoms. The molecular formula is C16H18N2O2S. The first-order valence-corrected chi connectivity index (χ1v) is 8.35. The molecule has 2 aromatic rings. The van der Waals surface area contributed by atoms with Crippen molar-refractivity contribution in [2.24, 2.45) is 0 Å². The number of hydrogen-bond donors (Lipinski definition) is 0. The van der Waals surface area contributed by atoms with E-state index in [1.165, 1.54) is 24.1 Å². The van der Waals surface area contributed by atoms with E-state index in [0.29, 0.717) is 19.3 Å². The van der Waals surface area contributed by atoms with Gasteiger partial charge in [-0.2, -0.15) is 0 Å². The zero-order valence-corrected chi connectivity index (χ0v) is 12.6. The van der Waals surface area contributed by atoms with Gasteiger partial charge in [-0.1, -0.05) is 6.07 Å². The Bertz CT molecular complexity index is 615. The topological polar surface area (TPSA) is 34.6 Å². The van der Waals surface area contributed by atoms with Crippen LogP contribution in [-0.2, 0) is 6.54 Å². The summed E-state index contributed by atoms with van der Waals surface area (Å²) >= 11 is 1.66. The summed E-state index contributed by atoms with van der Waals surface area (Å²) in [5, 5.41) is 2.14. The predicted octanol–water partition coefficient (Wildman–Crippen LogP) is 3.25. The van der Waals surface area contributed by atoms with Crippen LogP contribution >= 0.6 is 11.3 Å². The van der Waals surface area contributed by atoms with Gasteiger partial charge in [0.15, 0.2) is 11.5 Å². The molecule has 0 amide bonds. The molecule has 1 aromatic carbocycles. The van der Waals surface area contributed by atoms with Crippen LogP contribution in [-0.4, -0.2) is 29.6 Å². The highest BCUT2D eigenvalue weighted by Gasteiger charge is 2.27. The molecule has 0 bridgehead atoms. The minimum Gasteiger partial charge on any atom is -0.486 e. The van der Waals surface area contributed by atoms with Crippen LogP contribution in [0.1, 0.15) is 30.1 Å². The van der Waals surface area contributed by atoms with Gasteiger partial charge in [0.1, 0.15) is 13.2 Å². The second-order valence-electron chi connectivity index (χ2n) is 5.51. The summed E-state index contributed by atoms with van der Waals surface area (Å²) in [5.41, 5.74) is 4.40. The maximum absolute atomic E-state index is 5.71. The highest BCUT2D eigenvalue weighted by molar-refractivity contribution is 7.07. The Morgan fingerprint density at radius 2 is 2.14 bits per heavy atom. The van der Waals surface area contributed by atoms with Crippen molar-refractivity contribution in [1.82, 2.24) is 9.88 Å². The molecule has 2 aliphatic heterocycles. The Morgan fingerprint density at radius 1 is 1.24 bits per heavy atom. The van der Waals surface area contributed by atoms with Crippen molar-refractivity contribution in [3.8, 4) is 11.5 Å². The van der Waals surface area contributed by atoms with Crippen molar-refractivity contribution in [2.45, 2.75) is 25.4 Å². The summed E-state index contributed by atoms with van der Waals surface area (Å²) in [7, 11) is 0. The number of fused-ring (bicyclic) bond motifs is 1. The molecule has 1 atom stereocenters. The highest BCUT2D eigenvalue weighted by atomic mass is 32.1. The molecule has 1 unspecified atom stereocenters. The van der Waals surface area contributed by atoms with Gasteiger partial charge in [0.05, 0.1) is 11.2 Å². The molecule has 0 N–H and O–H groups in total. The van der Waals surface area contributed by atoms with E-state index in [1.54, 1.807) is 11.3 Å². The lowest BCUT2D eigenvalue weighted by Crippen LogP contribution is -2.23. The van der Waals surface area contributed by atoms with Gasteiger partial charge in [0, 0.05) is 18.0 Å². The van der Waals surface area contributed by atoms with Crippen LogP contribution < -0.4 is 9.47 Å². The zero-order chi connectivity index (χ0) is 14.1. The number of rotatable bonds is 3. The smallest absolute Gasteiger partial charge is 0.161 e. The Kier molecular flexibility index (Phi) is 3.53. The second kappa shape index (κ2) is 5.66. The Hall–Kier alpha value is -1.59. The fourth-order valence-corrected chi connectivity index (χ4v) is 3.73. The van der Waals surface area contributed by atoms with Crippen LogP contribution in [0.2, 0.25) is 0 Å². The van der Waals surface area contributed by atoms with E-state index in [2.05, 4.69) is 27.4 Å². The molecule has 0 radical (unpaired) electrons. The fraction of sp³-hybridized carbons (Fsp3) is 0.438. The van der Waals surface area contributed by atoms with E-state index in [-0.39, 0.29) is 0 Å². The van der Waals surface area contributed by atoms with E-state index < -0.39 is 0 Å². The average molecular weight is 302 g/mol. The van der Waals surface area contributed by atoms with Gasteiger partial charge in [-0.25, -0.2) is 4.98 Å². The lowest BCUT2D eigenvalue weighted by Gasteiger charge is -2.26. The van der Waals surface area contributed by atoms with Crippen LogP contribution in [0.25, 0.3) is 0 Å². The minimum absolute atomic E-state index is 0.461. The summed E-state index contributed by atoms with van der Waals surface area (Å²) in [6.07, 6.45) is 2.44. The quantitative estimate of drug-likeness (QED) is 0.871. The Labute approximate surface area is 128 Å². The van der Waals surface area contributed by atoms with Crippen molar-refractivity contribution < 1.29 is 9.47 Å². The van der Waals surface area contributed by atoms with Crippen molar-refractivity contribution in [3.05, 3.63) is 40.3 Å². The normalized spacial score (nSPS) is 21.6. The van der Waals surface area contributed by atoms with E-state index in [4.69, 9.17) is 9.47 Å². The van der Waals surface area contributed by atoms with Gasteiger partial charge in [0.2, 0.25) is 0 Å². The molecule has 0 aliphatic carbocycles. The molecule has 110 valence electrons. The molecule has 4 rings (SSSR count). The first-order chi connectivity index (χ1) is 10.4. The Balaban J connectivity index is 1.56. The van der Waals surface area contributed by atoms with E-state index in [0.717, 1.165) is 24.6 Å². The third-order valence-corrected chi connectivity index (χ3v) is 4.80. The Morgan fingerprint density at radius 3 is 3.00 bits per heavy atom. The number of benzene rings is 1. The number of aromatic nitrogens is 1. The molecule has 4 nitrogen and oxygen atoms in total. The molecular weight excluding hydrogens is 284 g/mol. The SMILES string of the molecule is c1nc(CN2CCCC2c2ccc3c(c2)OCCO3)cs1. The van der Waals surface area contributed by atoms with Crippen LogP contribution in [0.3, 0.4) is 0 Å². The summed E-state index contributed by atoms with van der Waals surface area (Å²) in [5.74, 6) is 1.76. The van der Waals surface area contributed by atoms with Crippen LogP contribution in [0.5, 0.6) is 11.5 Å². The number of ether oxygens (including phenoxy) is 2. The monoisotopic (exact) mass is 302 g/mol. The predicted molar refractivity (Wildman–Crippen MR) is 81.9 cm³/mol. The van der Waals surface area contributed by atoms with Gasteiger partial charge < -0.3 is 9.47 Å². The minimum atomic E-state index is 0.461. The molecule has 1 saturated heterocycles. The van der Waals surface area contributed by atoms with Crippen LogP contribution in [0, 0.1) is 0 Å². The van der Waals surface area contributed by atoms with Crippen LogP contribution in [0.4, 0.5) is 0 Å². The summed E-state index contributed by atoms with van der Waals surface area (Å²) in [6.45, 7) is 3.36. The first-order valence-electron chi connectivity index (χ1n) is 7.41. The molecule has 5 heteroatoms. The van der Waals surface area contributed by atoms with Gasteiger partial charge >= 0.3 is 0 Å². The maximum Gasteiger partial charge on any atom is 0.161 e. The molecule has 0 spiro atoms. The first kappa shape index (κ1) is 13.1. The lowest BCUT2D eigenvalue weighted by atomic mass is 10.0. The number of hydrogen-bond acceptors (Lipinski definition) is 5. The van der Waals surface area contributed by atoms with Crippen molar-refractivity contribution >= 4 is 11.3 Å². The lowest BCUT2D eigenvalue weighted by molar-refractivity contribution is 0.170. The van der Waals surface area contributed by atoms with Crippen molar-refractivity contribution in [3.63, 3.8) is 0 Å². The summed E-state index contributed by atoms with van der Waals surface area (Å²) < 4.78 is 11.3. The van der Waals surface area contributed by atoms with Gasteiger partial charge in [-0.15, -0.1) is 11.3 Å². The molecule has 3 heterocycles. The average Bonchev–Trinajstić information content (AvgIpc) is 3.19. The second-order valence-corrected chi connectivity index (χ2v) is 6.23. The largest absolute Gasteiger partial charge is 0.486 e. The number of thiazole rings is 1. The van der Waals surface area contributed by atoms with Gasteiger partial charge in [0.25, 0.3) is 0 Å². The molecule has 0 saturated carbocycles. The summed E-state index contributed by atoms with van der Waals surface area (Å²) in [6, 6.07) is 6.83. The maximum atomic E-state index is 5.71. The zero-order valence-electron chi connectivity index (χ0n) is 11.8. The van der Waals surface area contributed by atoms with Crippen molar-refractivity contribution in [1.29, 1.82) is 0 Å². The third kappa shape index (κ3) is 2.63. The van der Waals surface area contributed by atoms with Gasteiger partial charge in [-0.05, 0) is 37.1 Å². The molecule has 1 aromatic heterocycles. The molecule has 2 aliphatic rings. The van der Waals surface area contributed by atoms with E-state index in [9.17, 15) is 0 Å². The molecule has 1 fully saturated rings. The fourth-order valence-electron chi connectivity index (χ4n) is 3.18. The van der Waals surface area contributed by atoms with Crippen LogP contribution in [0.15, 0.2) is 29.1 Å². The summed E-state index contributed by atoms with van der Waals surface area (Å²) in [4.78, 5) is 6.92. The van der Waals surface area contributed by atoms with E-state index >= 15 is 0 Å². The van der Waals surface area contributed by atoms with E-state index in [1.807, 2.05) is 11.6 Å². The number of nitrogens with zero attached hydrogens (tertiary/aromatic N) is 2. The third-order valence-electron chi connectivity index (χ3n) is 4.16. The standard InChI is InChI=1S/C16H18N2O2S/c1-2-14(18(5-1)9-13-10-21-11-17-13)12-3-4-15-16(8-12)20-7-6-19-15/h3-4,8,10-11,14H,1-2,5-7,9H2. The van der Waals surface area contributed by atoms with Gasteiger partial charge in [-0.3, -0.25) is 4.90 Å². The van der Waals surface area contributed by atoms with Crippen molar-refractivity contribution in [2.75, 3.05) is 19.8 Å². The highest BCUT2D eigenvalue weighted by Crippen LogP contribution is 2.38.